The predicted molar refractivity (Wildman–Crippen MR) is 85.1 cm³/mol. The highest BCUT2D eigenvalue weighted by Gasteiger charge is 2.17. The Morgan fingerprint density at radius 2 is 2.35 bits per heavy atom. The summed E-state index contributed by atoms with van der Waals surface area (Å²) in [6, 6.07) is 7.55. The molecule has 2 heterocycles. The van der Waals surface area contributed by atoms with Gasteiger partial charge in [0.1, 0.15) is 0 Å². The van der Waals surface area contributed by atoms with Crippen LogP contribution in [0.1, 0.15) is 22.3 Å². The minimum atomic E-state index is -0.311. The lowest BCUT2D eigenvalue weighted by atomic mass is 10.1. The summed E-state index contributed by atoms with van der Waals surface area (Å²) in [6.45, 7) is 2.41. The molecule has 0 saturated carbocycles. The summed E-state index contributed by atoms with van der Waals surface area (Å²) in [6.07, 6.45) is 4.14. The van der Waals surface area contributed by atoms with Crippen LogP contribution in [0.3, 0.4) is 0 Å². The van der Waals surface area contributed by atoms with Crippen LogP contribution in [-0.4, -0.2) is 35.5 Å². The molecule has 1 fully saturated rings. The van der Waals surface area contributed by atoms with Crippen molar-refractivity contribution < 1.29 is 14.4 Å². The van der Waals surface area contributed by atoms with Gasteiger partial charge in [-0.2, -0.15) is 5.10 Å². The van der Waals surface area contributed by atoms with E-state index < -0.39 is 0 Å². The zero-order chi connectivity index (χ0) is 16.1. The Morgan fingerprint density at radius 1 is 1.48 bits per heavy atom. The van der Waals surface area contributed by atoms with E-state index in [4.69, 9.17) is 21.2 Å². The molecule has 1 atom stereocenters. The Balaban J connectivity index is 1.51. The van der Waals surface area contributed by atoms with E-state index in [0.717, 1.165) is 18.6 Å². The van der Waals surface area contributed by atoms with Gasteiger partial charge in [-0.3, -0.25) is 14.3 Å². The first-order valence-corrected chi connectivity index (χ1v) is 7.86. The van der Waals surface area contributed by atoms with Crippen molar-refractivity contribution in [3.05, 3.63) is 52.8 Å². The summed E-state index contributed by atoms with van der Waals surface area (Å²) < 4.78 is 6.92. The number of hydroxylamine groups is 1. The van der Waals surface area contributed by atoms with Crippen LogP contribution in [0.5, 0.6) is 0 Å². The molecular formula is C16H18ClN3O3. The first-order chi connectivity index (χ1) is 11.2. The third-order valence-electron chi connectivity index (χ3n) is 3.69. The normalized spacial score (nSPS) is 17.3. The highest BCUT2D eigenvalue weighted by Crippen LogP contribution is 2.16. The molecule has 6 nitrogen and oxygen atoms in total. The van der Waals surface area contributed by atoms with E-state index >= 15 is 0 Å². The number of nitrogens with zero attached hydrogens (tertiary/aromatic N) is 2. The van der Waals surface area contributed by atoms with Crippen molar-refractivity contribution in [1.82, 2.24) is 15.3 Å². The molecule has 1 amide bonds. The standard InChI is InChI=1S/C16H18ClN3O3/c17-15-4-2-1-3-13(15)8-20-9-14(7-18-20)16(21)19-23-11-12-5-6-22-10-12/h1-4,7,9,12H,5-6,8,10-11H2,(H,19,21)/t12-/m0/s1. The molecule has 7 heteroatoms. The van der Waals surface area contributed by atoms with Crippen molar-refractivity contribution in [2.45, 2.75) is 13.0 Å². The number of halogens is 1. The maximum Gasteiger partial charge on any atom is 0.278 e. The molecule has 0 bridgehead atoms. The van der Waals surface area contributed by atoms with Crippen LogP contribution in [0.2, 0.25) is 5.02 Å². The zero-order valence-electron chi connectivity index (χ0n) is 12.6. The fourth-order valence-electron chi connectivity index (χ4n) is 2.37. The summed E-state index contributed by atoms with van der Waals surface area (Å²) in [4.78, 5) is 17.2. The van der Waals surface area contributed by atoms with Crippen molar-refractivity contribution in [2.24, 2.45) is 5.92 Å². The van der Waals surface area contributed by atoms with Crippen molar-refractivity contribution >= 4 is 17.5 Å². The lowest BCUT2D eigenvalue weighted by Crippen LogP contribution is -2.26. The molecule has 122 valence electrons. The number of hydrogen-bond acceptors (Lipinski definition) is 4. The fraction of sp³-hybridized carbons (Fsp3) is 0.375. The van der Waals surface area contributed by atoms with E-state index in [2.05, 4.69) is 10.6 Å². The molecular weight excluding hydrogens is 318 g/mol. The van der Waals surface area contributed by atoms with Crippen LogP contribution in [0, 0.1) is 5.92 Å². The largest absolute Gasteiger partial charge is 0.381 e. The second-order valence-corrected chi connectivity index (χ2v) is 5.90. The minimum absolute atomic E-state index is 0.311. The van der Waals surface area contributed by atoms with Gasteiger partial charge in [0, 0.05) is 23.7 Å². The third kappa shape index (κ3) is 4.31. The lowest BCUT2D eigenvalue weighted by molar-refractivity contribution is 0.0145. The smallest absolute Gasteiger partial charge is 0.278 e. The molecule has 0 radical (unpaired) electrons. The van der Waals surface area contributed by atoms with Crippen LogP contribution in [0.25, 0.3) is 0 Å². The maximum atomic E-state index is 12.0. The number of rotatable bonds is 6. The number of aromatic nitrogens is 2. The Kier molecular flexibility index (Phi) is 5.27. The Labute approximate surface area is 139 Å². The van der Waals surface area contributed by atoms with Gasteiger partial charge in [-0.05, 0) is 18.1 Å². The predicted octanol–water partition coefficient (Wildman–Crippen LogP) is 2.28. The minimum Gasteiger partial charge on any atom is -0.381 e. The van der Waals surface area contributed by atoms with Gasteiger partial charge in [0.2, 0.25) is 0 Å². The molecule has 1 aromatic carbocycles. The summed E-state index contributed by atoms with van der Waals surface area (Å²) in [5.41, 5.74) is 3.83. The number of carbonyl (C=O) groups excluding carboxylic acids is 1. The monoisotopic (exact) mass is 335 g/mol. The molecule has 0 unspecified atom stereocenters. The Bertz CT molecular complexity index is 668. The van der Waals surface area contributed by atoms with E-state index in [1.807, 2.05) is 24.3 Å². The molecule has 1 aliphatic rings. The molecule has 2 aromatic rings. The van der Waals surface area contributed by atoms with Gasteiger partial charge in [-0.1, -0.05) is 29.8 Å². The first-order valence-electron chi connectivity index (χ1n) is 7.48. The first kappa shape index (κ1) is 16.0. The van der Waals surface area contributed by atoms with E-state index in [1.54, 1.807) is 10.9 Å². The third-order valence-corrected chi connectivity index (χ3v) is 4.06. The molecule has 23 heavy (non-hydrogen) atoms. The SMILES string of the molecule is O=C(NOC[C@H]1CCOC1)c1cnn(Cc2ccccc2Cl)c1. The summed E-state index contributed by atoms with van der Waals surface area (Å²) in [5.74, 6) is 0.0348. The van der Waals surface area contributed by atoms with Gasteiger partial charge in [-0.15, -0.1) is 0 Å². The zero-order valence-corrected chi connectivity index (χ0v) is 13.3. The van der Waals surface area contributed by atoms with Crippen LogP contribution < -0.4 is 5.48 Å². The van der Waals surface area contributed by atoms with Gasteiger partial charge in [0.15, 0.2) is 0 Å². The lowest BCUT2D eigenvalue weighted by Gasteiger charge is -2.08. The van der Waals surface area contributed by atoms with Crippen molar-refractivity contribution in [1.29, 1.82) is 0 Å². The van der Waals surface area contributed by atoms with Crippen molar-refractivity contribution in [3.8, 4) is 0 Å². The highest BCUT2D eigenvalue weighted by atomic mass is 35.5. The number of benzene rings is 1. The van der Waals surface area contributed by atoms with E-state index in [1.165, 1.54) is 6.20 Å². The molecule has 1 N–H and O–H groups in total. The molecule has 0 spiro atoms. The van der Waals surface area contributed by atoms with Crippen LogP contribution in [0.15, 0.2) is 36.7 Å². The van der Waals surface area contributed by atoms with Crippen molar-refractivity contribution in [2.75, 3.05) is 19.8 Å². The summed E-state index contributed by atoms with van der Waals surface area (Å²) in [7, 11) is 0. The number of hydrogen-bond donors (Lipinski definition) is 1. The second kappa shape index (κ2) is 7.59. The van der Waals surface area contributed by atoms with Gasteiger partial charge in [-0.25, -0.2) is 5.48 Å². The van der Waals surface area contributed by atoms with Crippen LogP contribution in [-0.2, 0) is 16.1 Å². The topological polar surface area (TPSA) is 65.4 Å². The van der Waals surface area contributed by atoms with Gasteiger partial charge < -0.3 is 4.74 Å². The van der Waals surface area contributed by atoms with Gasteiger partial charge in [0.25, 0.3) is 5.91 Å². The molecule has 1 aromatic heterocycles. The average Bonchev–Trinajstić information content (AvgIpc) is 3.21. The molecule has 0 aliphatic carbocycles. The van der Waals surface area contributed by atoms with E-state index in [0.29, 0.717) is 36.3 Å². The summed E-state index contributed by atoms with van der Waals surface area (Å²) >= 11 is 6.12. The fourth-order valence-corrected chi connectivity index (χ4v) is 2.56. The quantitative estimate of drug-likeness (QED) is 0.823. The van der Waals surface area contributed by atoms with Gasteiger partial charge >= 0.3 is 0 Å². The molecule has 1 saturated heterocycles. The summed E-state index contributed by atoms with van der Waals surface area (Å²) in [5, 5.41) is 4.86. The highest BCUT2D eigenvalue weighted by molar-refractivity contribution is 6.31. The van der Waals surface area contributed by atoms with E-state index in [-0.39, 0.29) is 5.91 Å². The van der Waals surface area contributed by atoms with Crippen molar-refractivity contribution in [3.63, 3.8) is 0 Å². The van der Waals surface area contributed by atoms with E-state index in [9.17, 15) is 4.79 Å². The van der Waals surface area contributed by atoms with Gasteiger partial charge in [0.05, 0.1) is 31.5 Å². The number of carbonyl (C=O) groups is 1. The molecule has 3 rings (SSSR count). The van der Waals surface area contributed by atoms with Crippen LogP contribution in [0.4, 0.5) is 0 Å². The Hall–Kier alpha value is -1.89. The number of ether oxygens (including phenoxy) is 1. The average molecular weight is 336 g/mol. The Morgan fingerprint density at radius 3 is 3.13 bits per heavy atom. The maximum absolute atomic E-state index is 12.0. The second-order valence-electron chi connectivity index (χ2n) is 5.49. The van der Waals surface area contributed by atoms with Crippen LogP contribution >= 0.6 is 11.6 Å². The number of amides is 1. The number of nitrogens with one attached hydrogen (secondary N) is 1. The molecule has 1 aliphatic heterocycles.